The molecule has 2 aromatic carbocycles. The lowest BCUT2D eigenvalue weighted by molar-refractivity contribution is -0.134. The minimum atomic E-state index is -3.46. The second-order valence-electron chi connectivity index (χ2n) is 9.56. The number of urea groups is 1. The highest BCUT2D eigenvalue weighted by molar-refractivity contribution is 7.88. The summed E-state index contributed by atoms with van der Waals surface area (Å²) in [5.74, 6) is 0.645. The van der Waals surface area contributed by atoms with Crippen molar-refractivity contribution < 1.29 is 32.6 Å². The van der Waals surface area contributed by atoms with Gasteiger partial charge in [-0.25, -0.2) is 17.5 Å². The molecule has 3 amide bonds. The standard InChI is InChI=1S/C26H36N4O7S/c1-17-14-30(18(2)16-31)25(32)13-19-12-21(28-26(33)27-20-6-9-22(36-4)10-7-20)8-11-23(19)37-24(17)15-29(3)38(5,34)35/h6-12,17-18,24,31H,13-16H2,1-5H3,(H2,27,28,33)/t17-,18+,24-/m1/s1. The molecule has 11 nitrogen and oxygen atoms in total. The number of carbonyl (C=O) groups excluding carboxylic acids is 2. The minimum Gasteiger partial charge on any atom is -0.497 e. The maximum absolute atomic E-state index is 13.3. The van der Waals surface area contributed by atoms with E-state index in [1.54, 1.807) is 61.4 Å². The van der Waals surface area contributed by atoms with Crippen LogP contribution in [-0.4, -0.2) is 86.9 Å². The van der Waals surface area contributed by atoms with E-state index in [4.69, 9.17) is 9.47 Å². The molecular formula is C26H36N4O7S. The van der Waals surface area contributed by atoms with E-state index >= 15 is 0 Å². The zero-order chi connectivity index (χ0) is 28.0. The summed E-state index contributed by atoms with van der Waals surface area (Å²) in [6, 6.07) is 11.0. The summed E-state index contributed by atoms with van der Waals surface area (Å²) in [4.78, 5) is 27.5. The Morgan fingerprint density at radius 1 is 1.21 bits per heavy atom. The lowest BCUT2D eigenvalue weighted by atomic mass is 10.0. The molecule has 12 heteroatoms. The fraction of sp³-hybridized carbons (Fsp3) is 0.462. The van der Waals surface area contributed by atoms with E-state index in [9.17, 15) is 23.1 Å². The zero-order valence-electron chi connectivity index (χ0n) is 22.3. The molecule has 0 bridgehead atoms. The van der Waals surface area contributed by atoms with Gasteiger partial charge < -0.3 is 30.1 Å². The number of carbonyl (C=O) groups is 2. The number of benzene rings is 2. The fourth-order valence-electron chi connectivity index (χ4n) is 4.08. The van der Waals surface area contributed by atoms with Gasteiger partial charge in [0.1, 0.15) is 17.6 Å². The first-order valence-corrected chi connectivity index (χ1v) is 14.1. The summed E-state index contributed by atoms with van der Waals surface area (Å²) in [6.45, 7) is 3.79. The van der Waals surface area contributed by atoms with Gasteiger partial charge in [0.05, 0.1) is 39.0 Å². The molecule has 2 aromatic rings. The Bertz CT molecular complexity index is 1240. The third kappa shape index (κ3) is 7.59. The van der Waals surface area contributed by atoms with Crippen molar-refractivity contribution >= 4 is 33.3 Å². The number of nitrogens with one attached hydrogen (secondary N) is 2. The number of rotatable bonds is 8. The molecule has 0 aliphatic carbocycles. The molecule has 1 aliphatic rings. The Labute approximate surface area is 223 Å². The van der Waals surface area contributed by atoms with Gasteiger partial charge in [0.25, 0.3) is 0 Å². The topological polar surface area (TPSA) is 138 Å². The van der Waals surface area contributed by atoms with E-state index in [1.807, 2.05) is 6.92 Å². The average Bonchev–Trinajstić information content (AvgIpc) is 2.91. The quantitative estimate of drug-likeness (QED) is 0.461. The molecule has 1 heterocycles. The molecule has 3 N–H and O–H groups in total. The average molecular weight is 549 g/mol. The zero-order valence-corrected chi connectivity index (χ0v) is 23.1. The number of likely N-dealkylation sites (N-methyl/N-ethyl adjacent to an activating group) is 1. The second kappa shape index (κ2) is 12.5. The van der Waals surface area contributed by atoms with Crippen LogP contribution < -0.4 is 20.1 Å². The lowest BCUT2D eigenvalue weighted by Crippen LogP contribution is -2.48. The summed E-state index contributed by atoms with van der Waals surface area (Å²) in [5.41, 5.74) is 1.56. The van der Waals surface area contributed by atoms with Gasteiger partial charge >= 0.3 is 6.03 Å². The molecule has 0 saturated heterocycles. The summed E-state index contributed by atoms with van der Waals surface area (Å²) in [6.07, 6.45) is 0.542. The Balaban J connectivity index is 1.87. The van der Waals surface area contributed by atoms with Crippen molar-refractivity contribution in [2.45, 2.75) is 32.4 Å². The van der Waals surface area contributed by atoms with E-state index in [-0.39, 0.29) is 37.9 Å². The summed E-state index contributed by atoms with van der Waals surface area (Å²) >= 11 is 0. The number of ether oxygens (including phenoxy) is 2. The third-order valence-electron chi connectivity index (χ3n) is 6.53. The monoisotopic (exact) mass is 548 g/mol. The number of methoxy groups -OCH3 is 1. The van der Waals surface area contributed by atoms with Crippen molar-refractivity contribution in [3.63, 3.8) is 0 Å². The van der Waals surface area contributed by atoms with Crippen LogP contribution in [0.4, 0.5) is 16.2 Å². The van der Waals surface area contributed by atoms with Crippen LogP contribution in [0, 0.1) is 5.92 Å². The molecule has 0 aromatic heterocycles. The van der Waals surface area contributed by atoms with Crippen molar-refractivity contribution in [1.82, 2.24) is 9.21 Å². The summed E-state index contributed by atoms with van der Waals surface area (Å²) < 4.78 is 36.8. The van der Waals surface area contributed by atoms with Crippen LogP contribution in [0.3, 0.4) is 0 Å². The van der Waals surface area contributed by atoms with Gasteiger partial charge in [0.15, 0.2) is 0 Å². The first-order chi connectivity index (χ1) is 17.9. The van der Waals surface area contributed by atoms with Gasteiger partial charge in [-0.2, -0.15) is 0 Å². The van der Waals surface area contributed by atoms with Crippen LogP contribution in [0.2, 0.25) is 0 Å². The number of aliphatic hydroxyl groups is 1. The van der Waals surface area contributed by atoms with Crippen LogP contribution in [-0.2, 0) is 21.2 Å². The highest BCUT2D eigenvalue weighted by atomic mass is 32.2. The van der Waals surface area contributed by atoms with Crippen molar-refractivity contribution in [2.75, 3.05) is 50.7 Å². The van der Waals surface area contributed by atoms with Gasteiger partial charge in [-0.15, -0.1) is 0 Å². The number of amides is 3. The smallest absolute Gasteiger partial charge is 0.323 e. The van der Waals surface area contributed by atoms with Crippen LogP contribution in [0.5, 0.6) is 11.5 Å². The fourth-order valence-corrected chi connectivity index (χ4v) is 4.50. The van der Waals surface area contributed by atoms with Crippen LogP contribution in [0.15, 0.2) is 42.5 Å². The van der Waals surface area contributed by atoms with Crippen LogP contribution >= 0.6 is 0 Å². The van der Waals surface area contributed by atoms with Crippen molar-refractivity contribution in [3.8, 4) is 11.5 Å². The molecule has 3 atom stereocenters. The van der Waals surface area contributed by atoms with Crippen LogP contribution in [0.1, 0.15) is 19.4 Å². The maximum atomic E-state index is 13.3. The van der Waals surface area contributed by atoms with E-state index < -0.39 is 28.2 Å². The SMILES string of the molecule is COc1ccc(NC(=O)Nc2ccc3c(c2)CC(=O)N([C@@H](C)CO)C[C@@H](C)[C@@H](CN(C)S(C)(=O)=O)O3)cc1. The predicted octanol–water partition coefficient (Wildman–Crippen LogP) is 2.38. The lowest BCUT2D eigenvalue weighted by Gasteiger charge is -2.33. The van der Waals surface area contributed by atoms with E-state index in [1.165, 1.54) is 11.4 Å². The normalized spacial score (nSPS) is 18.9. The Kier molecular flexibility index (Phi) is 9.58. The molecular weight excluding hydrogens is 512 g/mol. The van der Waals surface area contributed by atoms with Gasteiger partial charge in [-0.1, -0.05) is 6.92 Å². The molecule has 3 rings (SSSR count). The van der Waals surface area contributed by atoms with Gasteiger partial charge in [0.2, 0.25) is 15.9 Å². The van der Waals surface area contributed by atoms with Gasteiger partial charge in [0, 0.05) is 36.4 Å². The maximum Gasteiger partial charge on any atom is 0.323 e. The van der Waals surface area contributed by atoms with Gasteiger partial charge in [-0.05, 0) is 49.4 Å². The number of anilines is 2. The highest BCUT2D eigenvalue weighted by Gasteiger charge is 2.32. The molecule has 208 valence electrons. The Hall–Kier alpha value is -3.35. The molecule has 38 heavy (non-hydrogen) atoms. The molecule has 0 unspecified atom stereocenters. The summed E-state index contributed by atoms with van der Waals surface area (Å²) in [5, 5.41) is 15.3. The van der Waals surface area contributed by atoms with E-state index in [2.05, 4.69) is 10.6 Å². The van der Waals surface area contributed by atoms with E-state index in [0.29, 0.717) is 28.4 Å². The molecule has 1 aliphatic heterocycles. The summed E-state index contributed by atoms with van der Waals surface area (Å²) in [7, 11) is -0.420. The van der Waals surface area contributed by atoms with Crippen molar-refractivity contribution in [2.24, 2.45) is 5.92 Å². The number of fused-ring (bicyclic) bond motifs is 1. The Morgan fingerprint density at radius 2 is 1.84 bits per heavy atom. The number of sulfonamides is 1. The number of hydrogen-bond acceptors (Lipinski definition) is 7. The largest absolute Gasteiger partial charge is 0.497 e. The van der Waals surface area contributed by atoms with E-state index in [0.717, 1.165) is 6.26 Å². The number of hydrogen-bond donors (Lipinski definition) is 3. The molecule has 0 spiro atoms. The number of nitrogens with zero attached hydrogens (tertiary/aromatic N) is 2. The first kappa shape index (κ1) is 29.2. The number of aliphatic hydroxyl groups excluding tert-OH is 1. The minimum absolute atomic E-state index is 0.0172. The second-order valence-corrected chi connectivity index (χ2v) is 11.7. The first-order valence-electron chi connectivity index (χ1n) is 12.2. The van der Waals surface area contributed by atoms with Crippen molar-refractivity contribution in [3.05, 3.63) is 48.0 Å². The molecule has 0 saturated carbocycles. The van der Waals surface area contributed by atoms with Crippen molar-refractivity contribution in [1.29, 1.82) is 0 Å². The van der Waals surface area contributed by atoms with Gasteiger partial charge in [-0.3, -0.25) is 4.79 Å². The highest BCUT2D eigenvalue weighted by Crippen LogP contribution is 2.29. The predicted molar refractivity (Wildman–Crippen MR) is 145 cm³/mol. The Morgan fingerprint density at radius 3 is 2.45 bits per heavy atom. The molecule has 0 fully saturated rings. The third-order valence-corrected chi connectivity index (χ3v) is 7.81. The molecule has 0 radical (unpaired) electrons. The van der Waals surface area contributed by atoms with Crippen LogP contribution in [0.25, 0.3) is 0 Å².